The summed E-state index contributed by atoms with van der Waals surface area (Å²) in [5.41, 5.74) is 6.69. The Morgan fingerprint density at radius 2 is 0.567 bits per heavy atom. The highest BCUT2D eigenvalue weighted by molar-refractivity contribution is 5.74. The van der Waals surface area contributed by atoms with Crippen LogP contribution in [0.1, 0.15) is 22.3 Å². The average Bonchev–Trinajstić information content (AvgIpc) is 2.79. The normalized spacial score (nSPS) is 11.3. The molecule has 0 unspecified atom stereocenters. The Bertz CT molecular complexity index is 1050. The Labute approximate surface area is 176 Å². The number of hydrogen-bond acceptors (Lipinski definition) is 2. The highest BCUT2D eigenvalue weighted by Gasteiger charge is 1.98. The summed E-state index contributed by atoms with van der Waals surface area (Å²) in [7, 11) is 0. The maximum absolute atomic E-state index is 9.35. The van der Waals surface area contributed by atoms with E-state index in [1.54, 1.807) is 24.3 Å². The van der Waals surface area contributed by atoms with E-state index in [0.717, 1.165) is 22.3 Å². The molecular formula is C28H22O2. The van der Waals surface area contributed by atoms with Crippen molar-refractivity contribution in [1.29, 1.82) is 0 Å². The Morgan fingerprint density at radius 3 is 0.833 bits per heavy atom. The van der Waals surface area contributed by atoms with Gasteiger partial charge in [-0.2, -0.15) is 0 Å². The van der Waals surface area contributed by atoms with E-state index in [2.05, 4.69) is 60.7 Å². The highest BCUT2D eigenvalue weighted by Crippen LogP contribution is 2.22. The molecule has 2 N–H and O–H groups in total. The molecule has 0 saturated carbocycles. The minimum atomic E-state index is 0.276. The molecule has 0 spiro atoms. The molecule has 2 heteroatoms. The number of hydrogen-bond donors (Lipinski definition) is 2. The van der Waals surface area contributed by atoms with Crippen molar-refractivity contribution < 1.29 is 10.2 Å². The lowest BCUT2D eigenvalue weighted by Crippen LogP contribution is -1.80. The van der Waals surface area contributed by atoms with Crippen LogP contribution in [-0.4, -0.2) is 10.2 Å². The predicted molar refractivity (Wildman–Crippen MR) is 126 cm³/mol. The average molecular weight is 390 g/mol. The van der Waals surface area contributed by atoms with Gasteiger partial charge >= 0.3 is 0 Å². The van der Waals surface area contributed by atoms with Crippen LogP contribution < -0.4 is 0 Å². The lowest BCUT2D eigenvalue weighted by molar-refractivity contribution is 0.474. The number of phenols is 2. The monoisotopic (exact) mass is 390 g/mol. The van der Waals surface area contributed by atoms with Crippen molar-refractivity contribution >= 4 is 24.3 Å². The van der Waals surface area contributed by atoms with E-state index in [-0.39, 0.29) is 11.5 Å². The second kappa shape index (κ2) is 8.97. The zero-order valence-electron chi connectivity index (χ0n) is 16.4. The Kier molecular flexibility index (Phi) is 5.77. The van der Waals surface area contributed by atoms with Gasteiger partial charge in [0.25, 0.3) is 0 Å². The van der Waals surface area contributed by atoms with E-state index in [1.807, 2.05) is 36.4 Å². The Balaban J connectivity index is 1.42. The van der Waals surface area contributed by atoms with Crippen molar-refractivity contribution in [1.82, 2.24) is 0 Å². The largest absolute Gasteiger partial charge is 0.508 e. The minimum Gasteiger partial charge on any atom is -0.508 e. The van der Waals surface area contributed by atoms with Gasteiger partial charge in [0.2, 0.25) is 0 Å². The van der Waals surface area contributed by atoms with Crippen LogP contribution in [-0.2, 0) is 0 Å². The van der Waals surface area contributed by atoms with Crippen LogP contribution >= 0.6 is 0 Å². The molecule has 0 atom stereocenters. The van der Waals surface area contributed by atoms with E-state index < -0.39 is 0 Å². The van der Waals surface area contributed by atoms with Crippen LogP contribution in [0.15, 0.2) is 97.1 Å². The van der Waals surface area contributed by atoms with Gasteiger partial charge in [-0.25, -0.2) is 0 Å². The molecule has 0 saturated heterocycles. The van der Waals surface area contributed by atoms with Crippen LogP contribution in [0.2, 0.25) is 0 Å². The standard InChI is InChI=1S/C28H22O2/c29-27-17-9-23(10-18-27)3-1-21-5-13-25(14-6-21)26-15-7-22(8-16-26)2-4-24-11-19-28(30)20-12-24/h1-20,29-30H/b3-1+,4-2+. The molecule has 30 heavy (non-hydrogen) atoms. The lowest BCUT2D eigenvalue weighted by atomic mass is 10.0. The second-order valence-corrected chi connectivity index (χ2v) is 7.09. The zero-order chi connectivity index (χ0) is 20.8. The van der Waals surface area contributed by atoms with Gasteiger partial charge in [-0.15, -0.1) is 0 Å². The Morgan fingerprint density at radius 1 is 0.333 bits per heavy atom. The number of benzene rings is 4. The first-order valence-corrected chi connectivity index (χ1v) is 9.80. The fourth-order valence-electron chi connectivity index (χ4n) is 3.13. The van der Waals surface area contributed by atoms with Crippen molar-refractivity contribution in [3.63, 3.8) is 0 Å². The first kappa shape index (κ1) is 19.3. The molecule has 0 aromatic heterocycles. The summed E-state index contributed by atoms with van der Waals surface area (Å²) < 4.78 is 0. The summed E-state index contributed by atoms with van der Waals surface area (Å²) in [4.78, 5) is 0. The molecule has 4 aromatic rings. The molecular weight excluding hydrogens is 368 g/mol. The maximum atomic E-state index is 9.35. The van der Waals surface area contributed by atoms with Gasteiger partial charge in [0.05, 0.1) is 0 Å². The molecule has 0 amide bonds. The van der Waals surface area contributed by atoms with Crippen molar-refractivity contribution in [3.05, 3.63) is 119 Å². The van der Waals surface area contributed by atoms with Crippen molar-refractivity contribution in [2.75, 3.05) is 0 Å². The third kappa shape index (κ3) is 5.06. The van der Waals surface area contributed by atoms with E-state index in [0.29, 0.717) is 0 Å². The van der Waals surface area contributed by atoms with Gasteiger partial charge in [-0.3, -0.25) is 0 Å². The number of rotatable bonds is 5. The SMILES string of the molecule is Oc1ccc(/C=C/c2ccc(-c3ccc(/C=C/c4ccc(O)cc4)cc3)cc2)cc1. The van der Waals surface area contributed by atoms with Gasteiger partial charge in [-0.05, 0) is 57.6 Å². The summed E-state index contributed by atoms with van der Waals surface area (Å²) >= 11 is 0. The van der Waals surface area contributed by atoms with Crippen LogP contribution in [0.3, 0.4) is 0 Å². The highest BCUT2D eigenvalue weighted by atomic mass is 16.3. The molecule has 4 rings (SSSR count). The fraction of sp³-hybridized carbons (Fsp3) is 0. The van der Waals surface area contributed by atoms with Gasteiger partial charge in [0.1, 0.15) is 11.5 Å². The number of aromatic hydroxyl groups is 2. The third-order valence-corrected chi connectivity index (χ3v) is 4.88. The second-order valence-electron chi connectivity index (χ2n) is 7.09. The molecule has 0 fully saturated rings. The van der Waals surface area contributed by atoms with E-state index >= 15 is 0 Å². The molecule has 0 aliphatic carbocycles. The van der Waals surface area contributed by atoms with Gasteiger partial charge in [-0.1, -0.05) is 97.1 Å². The smallest absolute Gasteiger partial charge is 0.115 e. The molecule has 2 nitrogen and oxygen atoms in total. The number of phenolic OH excluding ortho intramolecular Hbond substituents is 2. The molecule has 146 valence electrons. The lowest BCUT2D eigenvalue weighted by Gasteiger charge is -2.04. The summed E-state index contributed by atoms with van der Waals surface area (Å²) in [6.45, 7) is 0. The molecule has 0 aliphatic heterocycles. The van der Waals surface area contributed by atoms with Crippen LogP contribution in [0.5, 0.6) is 11.5 Å². The van der Waals surface area contributed by atoms with Crippen molar-refractivity contribution in [2.45, 2.75) is 0 Å². The summed E-state index contributed by atoms with van der Waals surface area (Å²) in [6, 6.07) is 31.2. The maximum Gasteiger partial charge on any atom is 0.115 e. The van der Waals surface area contributed by atoms with Gasteiger partial charge in [0.15, 0.2) is 0 Å². The summed E-state index contributed by atoms with van der Waals surface area (Å²) in [6.07, 6.45) is 8.19. The minimum absolute atomic E-state index is 0.276. The molecule has 0 aliphatic rings. The predicted octanol–water partition coefficient (Wildman–Crippen LogP) is 7.11. The molecule has 0 radical (unpaired) electrons. The zero-order valence-corrected chi connectivity index (χ0v) is 16.4. The fourth-order valence-corrected chi connectivity index (χ4v) is 3.13. The van der Waals surface area contributed by atoms with Crippen LogP contribution in [0, 0.1) is 0 Å². The quantitative estimate of drug-likeness (QED) is 0.357. The van der Waals surface area contributed by atoms with Crippen LogP contribution in [0.4, 0.5) is 0 Å². The van der Waals surface area contributed by atoms with Crippen molar-refractivity contribution in [2.24, 2.45) is 0 Å². The summed E-state index contributed by atoms with van der Waals surface area (Å²) in [5, 5.41) is 18.7. The Hall–Kier alpha value is -4.04. The van der Waals surface area contributed by atoms with E-state index in [1.165, 1.54) is 11.1 Å². The topological polar surface area (TPSA) is 40.5 Å². The van der Waals surface area contributed by atoms with Gasteiger partial charge < -0.3 is 10.2 Å². The first-order valence-electron chi connectivity index (χ1n) is 9.80. The van der Waals surface area contributed by atoms with Crippen molar-refractivity contribution in [3.8, 4) is 22.6 Å². The molecule has 0 heterocycles. The molecule has 4 aromatic carbocycles. The van der Waals surface area contributed by atoms with E-state index in [9.17, 15) is 10.2 Å². The van der Waals surface area contributed by atoms with E-state index in [4.69, 9.17) is 0 Å². The van der Waals surface area contributed by atoms with Gasteiger partial charge in [0, 0.05) is 0 Å². The van der Waals surface area contributed by atoms with Crippen LogP contribution in [0.25, 0.3) is 35.4 Å². The first-order chi connectivity index (χ1) is 14.7. The summed E-state index contributed by atoms with van der Waals surface area (Å²) in [5.74, 6) is 0.553. The molecule has 0 bridgehead atoms. The third-order valence-electron chi connectivity index (χ3n) is 4.88.